The first kappa shape index (κ1) is 28.4. The topological polar surface area (TPSA) is 86.8 Å². The van der Waals surface area contributed by atoms with Gasteiger partial charge in [-0.25, -0.2) is 8.42 Å². The molecule has 1 atom stereocenters. The van der Waals surface area contributed by atoms with Gasteiger partial charge in [0, 0.05) is 26.1 Å². The highest BCUT2D eigenvalue weighted by atomic mass is 32.2. The van der Waals surface area contributed by atoms with Crippen LogP contribution in [-0.4, -0.2) is 50.5 Å². The van der Waals surface area contributed by atoms with Crippen molar-refractivity contribution in [3.05, 3.63) is 65.2 Å². The van der Waals surface area contributed by atoms with E-state index < -0.39 is 16.1 Å². The number of carbonyl (C=O) groups is 2. The molecule has 0 saturated carbocycles. The lowest BCUT2D eigenvalue weighted by Crippen LogP contribution is -2.48. The standard InChI is InChI=1S/C27H39N3O4S/c1-20(2)18-28-27(32)23(5)29(19-24-13-9-21(3)10-14-24)26(31)8-7-17-30(35(6,33)34)25-15-11-22(4)12-16-25/h9-16,20,23H,7-8,17-19H2,1-6H3,(H,28,32)/t23-/m1/s1. The van der Waals surface area contributed by atoms with Gasteiger partial charge in [-0.2, -0.15) is 0 Å². The molecule has 2 rings (SSSR count). The summed E-state index contributed by atoms with van der Waals surface area (Å²) in [6, 6.07) is 14.5. The van der Waals surface area contributed by atoms with Gasteiger partial charge in [-0.05, 0) is 50.8 Å². The van der Waals surface area contributed by atoms with Crippen LogP contribution in [0.4, 0.5) is 5.69 Å². The summed E-state index contributed by atoms with van der Waals surface area (Å²) >= 11 is 0. The summed E-state index contributed by atoms with van der Waals surface area (Å²) in [5.41, 5.74) is 3.66. The number of sulfonamides is 1. The predicted octanol–water partition coefficient (Wildman–Crippen LogP) is 4.04. The van der Waals surface area contributed by atoms with Crippen LogP contribution in [0.1, 0.15) is 50.3 Å². The zero-order valence-corrected chi connectivity index (χ0v) is 22.6. The molecule has 8 heteroatoms. The summed E-state index contributed by atoms with van der Waals surface area (Å²) in [4.78, 5) is 27.6. The maximum atomic E-state index is 13.3. The molecular weight excluding hydrogens is 462 g/mol. The lowest BCUT2D eigenvalue weighted by atomic mass is 10.1. The Balaban J connectivity index is 2.14. The minimum atomic E-state index is -3.50. The quantitative estimate of drug-likeness (QED) is 0.476. The van der Waals surface area contributed by atoms with E-state index in [2.05, 4.69) is 5.32 Å². The lowest BCUT2D eigenvalue weighted by Gasteiger charge is -2.29. The number of carbonyl (C=O) groups excluding carboxylic acids is 2. The van der Waals surface area contributed by atoms with E-state index in [9.17, 15) is 18.0 Å². The van der Waals surface area contributed by atoms with Gasteiger partial charge < -0.3 is 10.2 Å². The largest absolute Gasteiger partial charge is 0.354 e. The van der Waals surface area contributed by atoms with Crippen LogP contribution in [0.25, 0.3) is 0 Å². The number of hydrogen-bond donors (Lipinski definition) is 1. The van der Waals surface area contributed by atoms with Gasteiger partial charge in [0.05, 0.1) is 11.9 Å². The summed E-state index contributed by atoms with van der Waals surface area (Å²) in [6.07, 6.45) is 1.63. The number of nitrogens with one attached hydrogen (secondary N) is 1. The summed E-state index contributed by atoms with van der Waals surface area (Å²) < 4.78 is 26.1. The number of anilines is 1. The molecule has 0 heterocycles. The molecule has 0 aromatic heterocycles. The van der Waals surface area contributed by atoms with Gasteiger partial charge in [0.1, 0.15) is 6.04 Å². The van der Waals surface area contributed by atoms with Crippen LogP contribution in [0.2, 0.25) is 0 Å². The van der Waals surface area contributed by atoms with Crippen molar-refractivity contribution in [2.45, 2.75) is 60.0 Å². The average molecular weight is 502 g/mol. The van der Waals surface area contributed by atoms with Crippen LogP contribution < -0.4 is 9.62 Å². The molecule has 7 nitrogen and oxygen atoms in total. The van der Waals surface area contributed by atoms with Crippen LogP contribution in [0.15, 0.2) is 48.5 Å². The van der Waals surface area contributed by atoms with E-state index in [0.29, 0.717) is 31.1 Å². The van der Waals surface area contributed by atoms with Gasteiger partial charge in [0.25, 0.3) is 0 Å². The molecule has 2 amide bonds. The first-order valence-corrected chi connectivity index (χ1v) is 13.9. The second-order valence-corrected chi connectivity index (χ2v) is 11.5. The van der Waals surface area contributed by atoms with E-state index in [1.807, 2.05) is 64.1 Å². The average Bonchev–Trinajstić information content (AvgIpc) is 2.79. The van der Waals surface area contributed by atoms with Crippen molar-refractivity contribution < 1.29 is 18.0 Å². The van der Waals surface area contributed by atoms with Gasteiger partial charge in [0.2, 0.25) is 21.8 Å². The van der Waals surface area contributed by atoms with Crippen molar-refractivity contribution in [3.63, 3.8) is 0 Å². The fourth-order valence-electron chi connectivity index (χ4n) is 3.64. The Morgan fingerprint density at radius 3 is 1.97 bits per heavy atom. The lowest BCUT2D eigenvalue weighted by molar-refractivity contribution is -0.140. The maximum absolute atomic E-state index is 13.3. The van der Waals surface area contributed by atoms with Crippen LogP contribution in [0.5, 0.6) is 0 Å². The molecular formula is C27H39N3O4S. The molecule has 35 heavy (non-hydrogen) atoms. The third-order valence-electron chi connectivity index (χ3n) is 5.80. The number of amides is 2. The molecule has 0 unspecified atom stereocenters. The SMILES string of the molecule is Cc1ccc(CN(C(=O)CCCN(c2ccc(C)cc2)S(C)(=O)=O)[C@H](C)C(=O)NCC(C)C)cc1. The van der Waals surface area contributed by atoms with Crippen molar-refractivity contribution in [1.29, 1.82) is 0 Å². The highest BCUT2D eigenvalue weighted by molar-refractivity contribution is 7.92. The molecule has 0 spiro atoms. The summed E-state index contributed by atoms with van der Waals surface area (Å²) in [6.45, 7) is 10.7. The molecule has 0 radical (unpaired) electrons. The highest BCUT2D eigenvalue weighted by Gasteiger charge is 2.26. The van der Waals surface area contributed by atoms with Crippen molar-refractivity contribution in [2.75, 3.05) is 23.7 Å². The normalized spacial score (nSPS) is 12.3. The first-order valence-electron chi connectivity index (χ1n) is 12.1. The molecule has 0 aliphatic carbocycles. The van der Waals surface area contributed by atoms with Gasteiger partial charge in [0.15, 0.2) is 0 Å². The second kappa shape index (κ2) is 12.7. The first-order chi connectivity index (χ1) is 16.4. The predicted molar refractivity (Wildman–Crippen MR) is 142 cm³/mol. The summed E-state index contributed by atoms with van der Waals surface area (Å²) in [5, 5.41) is 2.91. The molecule has 0 saturated heterocycles. The van der Waals surface area contributed by atoms with Crippen LogP contribution >= 0.6 is 0 Å². The molecule has 2 aromatic carbocycles. The van der Waals surface area contributed by atoms with Crippen molar-refractivity contribution in [1.82, 2.24) is 10.2 Å². The van der Waals surface area contributed by atoms with Crippen LogP contribution in [0, 0.1) is 19.8 Å². The fourth-order valence-corrected chi connectivity index (χ4v) is 4.61. The third-order valence-corrected chi connectivity index (χ3v) is 6.99. The number of rotatable bonds is 12. The molecule has 0 fully saturated rings. The summed E-state index contributed by atoms with van der Waals surface area (Å²) in [5.74, 6) is -0.0807. The molecule has 1 N–H and O–H groups in total. The monoisotopic (exact) mass is 501 g/mol. The molecule has 0 aliphatic rings. The smallest absolute Gasteiger partial charge is 0.242 e. The Bertz CT molecular complexity index is 1080. The van der Waals surface area contributed by atoms with E-state index in [4.69, 9.17) is 0 Å². The van der Waals surface area contributed by atoms with E-state index in [-0.39, 0.29) is 24.8 Å². The van der Waals surface area contributed by atoms with Gasteiger partial charge >= 0.3 is 0 Å². The number of nitrogens with zero attached hydrogens (tertiary/aromatic N) is 2. The van der Waals surface area contributed by atoms with Crippen molar-refractivity contribution in [3.8, 4) is 0 Å². The Hall–Kier alpha value is -2.87. The van der Waals surface area contributed by atoms with Gasteiger partial charge in [-0.15, -0.1) is 0 Å². The third kappa shape index (κ3) is 9.02. The second-order valence-electron chi connectivity index (χ2n) is 9.60. The van der Waals surface area contributed by atoms with Crippen LogP contribution in [0.3, 0.4) is 0 Å². The molecule has 0 aliphatic heterocycles. The zero-order valence-electron chi connectivity index (χ0n) is 21.7. The number of aryl methyl sites for hydroxylation is 2. The molecule has 0 bridgehead atoms. The van der Waals surface area contributed by atoms with Crippen molar-refractivity contribution in [2.24, 2.45) is 5.92 Å². The minimum Gasteiger partial charge on any atom is -0.354 e. The zero-order chi connectivity index (χ0) is 26.2. The maximum Gasteiger partial charge on any atom is 0.242 e. The Morgan fingerprint density at radius 2 is 1.46 bits per heavy atom. The van der Waals surface area contributed by atoms with Crippen molar-refractivity contribution >= 4 is 27.5 Å². The Morgan fingerprint density at radius 1 is 0.914 bits per heavy atom. The van der Waals surface area contributed by atoms with Crippen LogP contribution in [-0.2, 0) is 26.2 Å². The van der Waals surface area contributed by atoms with Gasteiger partial charge in [-0.1, -0.05) is 61.4 Å². The number of benzene rings is 2. The van der Waals surface area contributed by atoms with Gasteiger partial charge in [-0.3, -0.25) is 13.9 Å². The molecule has 2 aromatic rings. The Kier molecular flexibility index (Phi) is 10.3. The highest BCUT2D eigenvalue weighted by Crippen LogP contribution is 2.20. The Labute approximate surface area is 210 Å². The van der Waals surface area contributed by atoms with E-state index >= 15 is 0 Å². The van der Waals surface area contributed by atoms with E-state index in [1.165, 1.54) is 10.6 Å². The summed E-state index contributed by atoms with van der Waals surface area (Å²) in [7, 11) is -3.50. The minimum absolute atomic E-state index is 0.130. The fraction of sp³-hybridized carbons (Fsp3) is 0.481. The number of hydrogen-bond acceptors (Lipinski definition) is 4. The van der Waals surface area contributed by atoms with E-state index in [1.54, 1.807) is 24.0 Å². The molecule has 192 valence electrons. The van der Waals surface area contributed by atoms with E-state index in [0.717, 1.165) is 16.7 Å².